The molecular formula is C29H30N4O4S. The highest BCUT2D eigenvalue weighted by atomic mass is 32.2. The fraction of sp³-hybridized carbons (Fsp3) is 0.241. The van der Waals surface area contributed by atoms with Crippen LogP contribution < -0.4 is 10.1 Å². The van der Waals surface area contributed by atoms with Gasteiger partial charge in [0.25, 0.3) is 5.91 Å². The van der Waals surface area contributed by atoms with Crippen LogP contribution in [0.25, 0.3) is 16.9 Å². The average Bonchev–Trinajstić information content (AvgIpc) is 3.41. The van der Waals surface area contributed by atoms with Gasteiger partial charge in [-0.3, -0.25) is 4.79 Å². The van der Waals surface area contributed by atoms with Gasteiger partial charge in [0.2, 0.25) is 10.0 Å². The summed E-state index contributed by atoms with van der Waals surface area (Å²) in [5.74, 6) is -0.0375. The van der Waals surface area contributed by atoms with Crippen LogP contribution in [0.5, 0.6) is 5.75 Å². The summed E-state index contributed by atoms with van der Waals surface area (Å²) in [5, 5.41) is 7.61. The molecule has 0 unspecified atom stereocenters. The molecule has 196 valence electrons. The summed E-state index contributed by atoms with van der Waals surface area (Å²) >= 11 is 0. The highest BCUT2D eigenvalue weighted by Crippen LogP contribution is 2.31. The molecule has 1 aliphatic heterocycles. The Morgan fingerprint density at radius 1 is 0.921 bits per heavy atom. The molecule has 0 radical (unpaired) electrons. The van der Waals surface area contributed by atoms with Crippen LogP contribution in [-0.4, -0.2) is 48.1 Å². The number of nitrogens with one attached hydrogen (secondary N) is 1. The molecule has 1 fully saturated rings. The van der Waals surface area contributed by atoms with Crippen molar-refractivity contribution >= 4 is 21.6 Å². The maximum Gasteiger partial charge on any atom is 0.274 e. The second-order valence-corrected chi connectivity index (χ2v) is 11.0. The van der Waals surface area contributed by atoms with E-state index in [0.29, 0.717) is 36.8 Å². The lowest BCUT2D eigenvalue weighted by Crippen LogP contribution is -2.35. The van der Waals surface area contributed by atoms with Crippen LogP contribution in [0.15, 0.2) is 89.8 Å². The Bertz CT molecular complexity index is 1510. The van der Waals surface area contributed by atoms with Crippen LogP contribution in [0.2, 0.25) is 0 Å². The van der Waals surface area contributed by atoms with E-state index in [4.69, 9.17) is 9.84 Å². The molecule has 4 aromatic rings. The number of ether oxygens (including phenoxy) is 1. The molecule has 8 nitrogen and oxygen atoms in total. The van der Waals surface area contributed by atoms with Crippen molar-refractivity contribution in [3.05, 3.63) is 90.6 Å². The Morgan fingerprint density at radius 2 is 1.61 bits per heavy atom. The van der Waals surface area contributed by atoms with E-state index in [-0.39, 0.29) is 10.6 Å². The van der Waals surface area contributed by atoms with Crippen LogP contribution in [0, 0.1) is 0 Å². The van der Waals surface area contributed by atoms with E-state index in [0.717, 1.165) is 30.5 Å². The SMILES string of the molecule is CCOc1ccc(S(=O)(=O)N2CCCCC2)cc1NC(=O)c1cc(-c2ccccc2)nn1-c1ccccc1. The first-order valence-corrected chi connectivity index (χ1v) is 14.2. The number of para-hydroxylation sites is 1. The second kappa shape index (κ2) is 11.2. The average molecular weight is 531 g/mol. The van der Waals surface area contributed by atoms with Gasteiger partial charge in [0, 0.05) is 18.7 Å². The maximum absolute atomic E-state index is 13.7. The van der Waals surface area contributed by atoms with Gasteiger partial charge < -0.3 is 10.1 Å². The molecule has 38 heavy (non-hydrogen) atoms. The molecule has 2 heterocycles. The Morgan fingerprint density at radius 3 is 2.29 bits per heavy atom. The molecule has 1 saturated heterocycles. The summed E-state index contributed by atoms with van der Waals surface area (Å²) in [6.45, 7) is 3.19. The molecule has 0 spiro atoms. The lowest BCUT2D eigenvalue weighted by molar-refractivity contribution is 0.101. The van der Waals surface area contributed by atoms with Crippen molar-refractivity contribution in [2.75, 3.05) is 25.0 Å². The first kappa shape index (κ1) is 25.7. The summed E-state index contributed by atoms with van der Waals surface area (Å²) in [5.41, 5.74) is 2.84. The van der Waals surface area contributed by atoms with E-state index in [1.807, 2.05) is 67.6 Å². The molecule has 9 heteroatoms. The molecule has 5 rings (SSSR count). The van der Waals surface area contributed by atoms with E-state index in [2.05, 4.69) is 5.32 Å². The third kappa shape index (κ3) is 5.34. The predicted molar refractivity (Wildman–Crippen MR) is 147 cm³/mol. The summed E-state index contributed by atoms with van der Waals surface area (Å²) < 4.78 is 35.5. The number of carbonyl (C=O) groups is 1. The summed E-state index contributed by atoms with van der Waals surface area (Å²) in [6.07, 6.45) is 2.71. The zero-order valence-electron chi connectivity index (χ0n) is 21.2. The minimum atomic E-state index is -3.69. The highest BCUT2D eigenvalue weighted by Gasteiger charge is 2.27. The number of sulfonamides is 1. The summed E-state index contributed by atoms with van der Waals surface area (Å²) in [4.78, 5) is 13.8. The van der Waals surface area contributed by atoms with Gasteiger partial charge in [-0.15, -0.1) is 0 Å². The number of anilines is 1. The van der Waals surface area contributed by atoms with Crippen molar-refractivity contribution in [2.45, 2.75) is 31.1 Å². The summed E-state index contributed by atoms with van der Waals surface area (Å²) in [6, 6.07) is 25.4. The Kier molecular flexibility index (Phi) is 7.57. The van der Waals surface area contributed by atoms with Crippen LogP contribution in [0.4, 0.5) is 5.69 Å². The van der Waals surface area contributed by atoms with E-state index >= 15 is 0 Å². The maximum atomic E-state index is 13.7. The van der Waals surface area contributed by atoms with Crippen molar-refractivity contribution < 1.29 is 17.9 Å². The van der Waals surface area contributed by atoms with Crippen molar-refractivity contribution in [2.24, 2.45) is 0 Å². The van der Waals surface area contributed by atoms with Crippen molar-refractivity contribution in [3.8, 4) is 22.7 Å². The van der Waals surface area contributed by atoms with Crippen molar-refractivity contribution in [3.63, 3.8) is 0 Å². The van der Waals surface area contributed by atoms with Crippen LogP contribution in [-0.2, 0) is 10.0 Å². The van der Waals surface area contributed by atoms with E-state index in [1.165, 1.54) is 16.4 Å². The monoisotopic (exact) mass is 530 g/mol. The fourth-order valence-corrected chi connectivity index (χ4v) is 6.09. The van der Waals surface area contributed by atoms with Crippen molar-refractivity contribution in [1.29, 1.82) is 0 Å². The molecule has 0 atom stereocenters. The van der Waals surface area contributed by atoms with Gasteiger partial charge in [0.1, 0.15) is 11.4 Å². The van der Waals surface area contributed by atoms with E-state index < -0.39 is 15.9 Å². The highest BCUT2D eigenvalue weighted by molar-refractivity contribution is 7.89. The third-order valence-corrected chi connectivity index (χ3v) is 8.36. The largest absolute Gasteiger partial charge is 0.492 e. The first-order valence-electron chi connectivity index (χ1n) is 12.8. The minimum Gasteiger partial charge on any atom is -0.492 e. The molecule has 1 N–H and O–H groups in total. The quantitative estimate of drug-likeness (QED) is 0.331. The Labute approximate surface area is 222 Å². The van der Waals surface area contributed by atoms with Crippen molar-refractivity contribution in [1.82, 2.24) is 14.1 Å². The van der Waals surface area contributed by atoms with Gasteiger partial charge in [-0.25, -0.2) is 13.1 Å². The number of rotatable bonds is 8. The zero-order valence-corrected chi connectivity index (χ0v) is 22.0. The molecule has 1 aromatic heterocycles. The first-order chi connectivity index (χ1) is 18.5. The van der Waals surface area contributed by atoms with Gasteiger partial charge in [-0.05, 0) is 56.2 Å². The lowest BCUT2D eigenvalue weighted by Gasteiger charge is -2.26. The molecule has 3 aromatic carbocycles. The number of piperidine rings is 1. The number of hydrogen-bond acceptors (Lipinski definition) is 5. The number of aromatic nitrogens is 2. The lowest BCUT2D eigenvalue weighted by atomic mass is 10.1. The number of amides is 1. The molecule has 0 saturated carbocycles. The Balaban J connectivity index is 1.52. The summed E-state index contributed by atoms with van der Waals surface area (Å²) in [7, 11) is -3.69. The van der Waals surface area contributed by atoms with Gasteiger partial charge in [0.05, 0.1) is 28.6 Å². The fourth-order valence-electron chi connectivity index (χ4n) is 4.55. The predicted octanol–water partition coefficient (Wildman–Crippen LogP) is 5.36. The normalized spacial score (nSPS) is 14.2. The molecule has 0 aliphatic carbocycles. The van der Waals surface area contributed by atoms with Crippen LogP contribution in [0.1, 0.15) is 36.7 Å². The smallest absolute Gasteiger partial charge is 0.274 e. The van der Waals surface area contributed by atoms with Crippen LogP contribution in [0.3, 0.4) is 0 Å². The van der Waals surface area contributed by atoms with Gasteiger partial charge in [-0.1, -0.05) is 55.0 Å². The van der Waals surface area contributed by atoms with Gasteiger partial charge >= 0.3 is 0 Å². The molecule has 1 aliphatic rings. The van der Waals surface area contributed by atoms with E-state index in [1.54, 1.807) is 16.8 Å². The molecular weight excluding hydrogens is 500 g/mol. The van der Waals surface area contributed by atoms with E-state index in [9.17, 15) is 13.2 Å². The van der Waals surface area contributed by atoms with Crippen LogP contribution >= 0.6 is 0 Å². The third-order valence-electron chi connectivity index (χ3n) is 6.46. The Hall–Kier alpha value is -3.95. The zero-order chi connectivity index (χ0) is 26.5. The number of carbonyl (C=O) groups excluding carboxylic acids is 1. The van der Waals surface area contributed by atoms with Gasteiger partial charge in [-0.2, -0.15) is 9.40 Å². The standard InChI is InChI=1S/C29H30N4O4S/c1-2-37-28-17-16-24(38(35,36)32-18-10-5-11-19-32)20-26(28)30-29(34)27-21-25(22-12-6-3-7-13-22)31-33(27)23-14-8-4-9-15-23/h3-4,6-9,12-17,20-21H,2,5,10-11,18-19H2,1H3,(H,30,34). The minimum absolute atomic E-state index is 0.125. The number of nitrogens with zero attached hydrogens (tertiary/aromatic N) is 3. The number of benzene rings is 3. The molecule has 0 bridgehead atoms. The molecule has 1 amide bonds. The van der Waals surface area contributed by atoms with Gasteiger partial charge in [0.15, 0.2) is 0 Å². The second-order valence-electron chi connectivity index (χ2n) is 9.04. The topological polar surface area (TPSA) is 93.5 Å². The number of hydrogen-bond donors (Lipinski definition) is 1.